The van der Waals surface area contributed by atoms with Crippen molar-refractivity contribution in [1.82, 2.24) is 4.98 Å². The first-order valence-electron chi connectivity index (χ1n) is 4.05. The molecule has 0 unspecified atom stereocenters. The molecule has 1 rings (SSSR count). The fourth-order valence-corrected chi connectivity index (χ4v) is 1.05. The zero-order valence-corrected chi connectivity index (χ0v) is 8.29. The molecule has 0 aliphatic carbocycles. The van der Waals surface area contributed by atoms with Crippen LogP contribution in [0, 0.1) is 0 Å². The monoisotopic (exact) mass is 253 g/mol. The maximum Gasteiger partial charge on any atom is 0.573 e. The third kappa shape index (κ3) is 2.89. The van der Waals surface area contributed by atoms with E-state index in [-0.39, 0.29) is 0 Å². The molecule has 0 atom stereocenters. The highest BCUT2D eigenvalue weighted by atomic mass is 19.4. The van der Waals surface area contributed by atoms with E-state index in [1.54, 1.807) is 0 Å². The Morgan fingerprint density at radius 1 is 1.47 bits per heavy atom. The Balaban J connectivity index is 3.34. The predicted molar refractivity (Wildman–Crippen MR) is 47.3 cm³/mol. The molecular weight excluding hydrogens is 247 g/mol. The van der Waals surface area contributed by atoms with Gasteiger partial charge in [-0.2, -0.15) is 0 Å². The first-order chi connectivity index (χ1) is 7.76. The Hall–Kier alpha value is -2.19. The molecule has 0 spiro atoms. The second kappa shape index (κ2) is 4.36. The minimum absolute atomic E-state index is 0.461. The SMILES string of the molecule is COc1[nH]cc(OC(F)(F)F)c(=O)c1C(=O)O. The number of hydrogen-bond donors (Lipinski definition) is 2. The van der Waals surface area contributed by atoms with Crippen LogP contribution in [0.1, 0.15) is 10.4 Å². The summed E-state index contributed by atoms with van der Waals surface area (Å²) in [5.41, 5.74) is -2.39. The van der Waals surface area contributed by atoms with Crippen molar-refractivity contribution in [1.29, 1.82) is 0 Å². The van der Waals surface area contributed by atoms with Crippen LogP contribution in [-0.2, 0) is 0 Å². The molecule has 1 aromatic rings. The van der Waals surface area contributed by atoms with Crippen LogP contribution in [0.25, 0.3) is 0 Å². The average Bonchev–Trinajstić information content (AvgIpc) is 2.18. The molecule has 0 saturated carbocycles. The Bertz CT molecular complexity index is 493. The van der Waals surface area contributed by atoms with Crippen molar-refractivity contribution in [3.8, 4) is 11.6 Å². The van der Waals surface area contributed by atoms with Crippen molar-refractivity contribution in [2.24, 2.45) is 0 Å². The maximum atomic E-state index is 11.9. The van der Waals surface area contributed by atoms with Crippen LogP contribution in [-0.4, -0.2) is 29.5 Å². The van der Waals surface area contributed by atoms with Crippen LogP contribution in [0.3, 0.4) is 0 Å². The molecule has 0 radical (unpaired) electrons. The third-order valence-corrected chi connectivity index (χ3v) is 1.66. The lowest BCUT2D eigenvalue weighted by molar-refractivity contribution is -0.275. The molecular formula is C8H6F3NO5. The van der Waals surface area contributed by atoms with Crippen LogP contribution in [0.5, 0.6) is 11.6 Å². The smallest absolute Gasteiger partial charge is 0.482 e. The van der Waals surface area contributed by atoms with Crippen LogP contribution >= 0.6 is 0 Å². The van der Waals surface area contributed by atoms with E-state index in [4.69, 9.17) is 5.11 Å². The van der Waals surface area contributed by atoms with Gasteiger partial charge < -0.3 is 19.6 Å². The van der Waals surface area contributed by atoms with Crippen molar-refractivity contribution in [2.45, 2.75) is 6.36 Å². The number of carbonyl (C=O) groups is 1. The van der Waals surface area contributed by atoms with Gasteiger partial charge in [0.1, 0.15) is 0 Å². The Kier molecular flexibility index (Phi) is 3.30. The van der Waals surface area contributed by atoms with Crippen molar-refractivity contribution in [3.05, 3.63) is 22.0 Å². The molecule has 1 heterocycles. The van der Waals surface area contributed by atoms with E-state index in [0.29, 0.717) is 6.20 Å². The fourth-order valence-electron chi connectivity index (χ4n) is 1.05. The van der Waals surface area contributed by atoms with Crippen LogP contribution < -0.4 is 14.9 Å². The largest absolute Gasteiger partial charge is 0.573 e. The molecule has 0 aliphatic heterocycles. The van der Waals surface area contributed by atoms with Gasteiger partial charge in [0, 0.05) is 0 Å². The molecule has 17 heavy (non-hydrogen) atoms. The van der Waals surface area contributed by atoms with Gasteiger partial charge in [0.05, 0.1) is 13.3 Å². The molecule has 9 heteroatoms. The Morgan fingerprint density at radius 3 is 2.47 bits per heavy atom. The molecule has 1 aromatic heterocycles. The number of carboxylic acid groups (broad SMARTS) is 1. The van der Waals surface area contributed by atoms with E-state index >= 15 is 0 Å². The van der Waals surface area contributed by atoms with Crippen LogP contribution in [0.2, 0.25) is 0 Å². The summed E-state index contributed by atoms with van der Waals surface area (Å²) in [6, 6.07) is 0. The van der Waals surface area contributed by atoms with Crippen molar-refractivity contribution < 1.29 is 32.5 Å². The quantitative estimate of drug-likeness (QED) is 0.838. The van der Waals surface area contributed by atoms with Gasteiger partial charge in [-0.1, -0.05) is 0 Å². The molecule has 0 bridgehead atoms. The molecule has 0 aromatic carbocycles. The molecule has 0 saturated heterocycles. The van der Waals surface area contributed by atoms with Gasteiger partial charge in [0.15, 0.2) is 11.3 Å². The van der Waals surface area contributed by atoms with E-state index < -0.39 is 35.0 Å². The molecule has 0 amide bonds. The highest BCUT2D eigenvalue weighted by Gasteiger charge is 2.33. The molecule has 0 fully saturated rings. The van der Waals surface area contributed by atoms with Crippen LogP contribution in [0.15, 0.2) is 11.0 Å². The second-order valence-corrected chi connectivity index (χ2v) is 2.74. The topological polar surface area (TPSA) is 88.6 Å². The number of aromatic carboxylic acids is 1. The van der Waals surface area contributed by atoms with E-state index in [1.165, 1.54) is 0 Å². The number of alkyl halides is 3. The van der Waals surface area contributed by atoms with E-state index in [2.05, 4.69) is 14.5 Å². The van der Waals surface area contributed by atoms with Crippen molar-refractivity contribution >= 4 is 5.97 Å². The molecule has 94 valence electrons. The summed E-state index contributed by atoms with van der Waals surface area (Å²) in [5, 5.41) is 8.66. The lowest BCUT2D eigenvalue weighted by Crippen LogP contribution is -2.25. The zero-order chi connectivity index (χ0) is 13.2. The summed E-state index contributed by atoms with van der Waals surface area (Å²) in [5.74, 6) is -3.36. The number of carboxylic acids is 1. The zero-order valence-electron chi connectivity index (χ0n) is 8.29. The summed E-state index contributed by atoms with van der Waals surface area (Å²) in [4.78, 5) is 24.1. The number of aromatic nitrogens is 1. The Morgan fingerprint density at radius 2 is 2.06 bits per heavy atom. The summed E-state index contributed by atoms with van der Waals surface area (Å²) in [7, 11) is 1.06. The van der Waals surface area contributed by atoms with Gasteiger partial charge in [0.2, 0.25) is 11.3 Å². The number of aromatic amines is 1. The minimum Gasteiger partial charge on any atom is -0.482 e. The van der Waals surface area contributed by atoms with Crippen molar-refractivity contribution in [2.75, 3.05) is 7.11 Å². The highest BCUT2D eigenvalue weighted by molar-refractivity contribution is 5.90. The number of methoxy groups -OCH3 is 1. The number of nitrogens with one attached hydrogen (secondary N) is 1. The van der Waals surface area contributed by atoms with Crippen LogP contribution in [0.4, 0.5) is 13.2 Å². The second-order valence-electron chi connectivity index (χ2n) is 2.74. The van der Waals surface area contributed by atoms with Gasteiger partial charge in [-0.15, -0.1) is 13.2 Å². The van der Waals surface area contributed by atoms with E-state index in [1.807, 2.05) is 0 Å². The lowest BCUT2D eigenvalue weighted by Gasteiger charge is -2.10. The number of ether oxygens (including phenoxy) is 2. The number of halogens is 3. The fraction of sp³-hybridized carbons (Fsp3) is 0.250. The standard InChI is InChI=1S/C8H6F3NO5/c1-16-6-4(7(14)15)5(13)3(2-12-6)17-8(9,10)11/h2H,1H3,(H,12,13)(H,14,15). The number of pyridine rings is 1. The molecule has 6 nitrogen and oxygen atoms in total. The molecule has 0 aliphatic rings. The number of rotatable bonds is 3. The highest BCUT2D eigenvalue weighted by Crippen LogP contribution is 2.21. The lowest BCUT2D eigenvalue weighted by atomic mass is 10.2. The first-order valence-corrected chi connectivity index (χ1v) is 4.05. The Labute approximate surface area is 91.6 Å². The van der Waals surface area contributed by atoms with Gasteiger partial charge >= 0.3 is 12.3 Å². The van der Waals surface area contributed by atoms with Gasteiger partial charge in [0.25, 0.3) is 0 Å². The predicted octanol–water partition coefficient (Wildman–Crippen LogP) is 0.980. The van der Waals surface area contributed by atoms with E-state index in [9.17, 15) is 22.8 Å². The first kappa shape index (κ1) is 12.9. The number of hydrogen-bond acceptors (Lipinski definition) is 4. The maximum absolute atomic E-state index is 11.9. The summed E-state index contributed by atoms with van der Waals surface area (Å²) in [6.45, 7) is 0. The van der Waals surface area contributed by atoms with Gasteiger partial charge in [-0.05, 0) is 0 Å². The summed E-state index contributed by atoms with van der Waals surface area (Å²) >= 11 is 0. The molecule has 2 N–H and O–H groups in total. The minimum atomic E-state index is -5.09. The summed E-state index contributed by atoms with van der Waals surface area (Å²) < 4.78 is 43.5. The average molecular weight is 253 g/mol. The van der Waals surface area contributed by atoms with Crippen molar-refractivity contribution in [3.63, 3.8) is 0 Å². The van der Waals surface area contributed by atoms with Gasteiger partial charge in [-0.25, -0.2) is 4.79 Å². The number of H-pyrrole nitrogens is 1. The normalized spacial score (nSPS) is 11.1. The van der Waals surface area contributed by atoms with E-state index in [0.717, 1.165) is 7.11 Å². The third-order valence-electron chi connectivity index (χ3n) is 1.66. The van der Waals surface area contributed by atoms with Gasteiger partial charge in [-0.3, -0.25) is 4.79 Å². The summed E-state index contributed by atoms with van der Waals surface area (Å²) in [6.07, 6.45) is -4.52.